The normalized spacial score (nSPS) is 11.4. The molecule has 126 valence electrons. The first-order valence-corrected chi connectivity index (χ1v) is 8.33. The van der Waals surface area contributed by atoms with Crippen molar-refractivity contribution < 1.29 is 8.78 Å². The Morgan fingerprint density at radius 2 is 1.92 bits per heavy atom. The Bertz CT molecular complexity index is 1120. The summed E-state index contributed by atoms with van der Waals surface area (Å²) in [4.78, 5) is 4.35. The van der Waals surface area contributed by atoms with E-state index in [0.29, 0.717) is 32.6 Å². The van der Waals surface area contributed by atoms with E-state index in [2.05, 4.69) is 36.4 Å². The Hall–Kier alpha value is -2.32. The van der Waals surface area contributed by atoms with Gasteiger partial charge in [-0.25, -0.2) is 8.78 Å². The van der Waals surface area contributed by atoms with E-state index >= 15 is 0 Å². The van der Waals surface area contributed by atoms with Gasteiger partial charge in [-0.1, -0.05) is 27.5 Å². The molecule has 0 saturated heterocycles. The van der Waals surface area contributed by atoms with Gasteiger partial charge in [-0.2, -0.15) is 4.98 Å². The lowest BCUT2D eigenvalue weighted by Crippen LogP contribution is -2.01. The molecule has 4 rings (SSSR count). The maximum atomic E-state index is 13.9. The SMILES string of the molecule is CNc1nc2nnc(-c3cc(F)cc(Br)c3)n2c2cc(Cl)c(F)cc12. The molecule has 5 nitrogen and oxygen atoms in total. The minimum absolute atomic E-state index is 0.0397. The van der Waals surface area contributed by atoms with Crippen LogP contribution in [0.3, 0.4) is 0 Å². The molecule has 0 bridgehead atoms. The highest BCUT2D eigenvalue weighted by molar-refractivity contribution is 9.10. The van der Waals surface area contributed by atoms with Crippen molar-refractivity contribution in [3.8, 4) is 11.4 Å². The van der Waals surface area contributed by atoms with Crippen LogP contribution in [-0.2, 0) is 0 Å². The summed E-state index contributed by atoms with van der Waals surface area (Å²) in [5.41, 5.74) is 1.06. The molecule has 9 heteroatoms. The number of benzene rings is 2. The molecule has 0 spiro atoms. The lowest BCUT2D eigenvalue weighted by atomic mass is 10.2. The Morgan fingerprint density at radius 1 is 1.12 bits per heavy atom. The molecule has 0 unspecified atom stereocenters. The van der Waals surface area contributed by atoms with Crippen molar-refractivity contribution in [3.05, 3.63) is 51.5 Å². The first-order chi connectivity index (χ1) is 12.0. The van der Waals surface area contributed by atoms with Gasteiger partial charge in [-0.3, -0.25) is 4.40 Å². The van der Waals surface area contributed by atoms with Crippen molar-refractivity contribution in [1.82, 2.24) is 19.6 Å². The molecule has 0 atom stereocenters. The van der Waals surface area contributed by atoms with Crippen molar-refractivity contribution in [3.63, 3.8) is 0 Å². The molecule has 0 amide bonds. The van der Waals surface area contributed by atoms with E-state index < -0.39 is 11.6 Å². The summed E-state index contributed by atoms with van der Waals surface area (Å²) < 4.78 is 29.9. The molecule has 0 radical (unpaired) electrons. The minimum Gasteiger partial charge on any atom is -0.372 e. The minimum atomic E-state index is -0.560. The number of hydrogen-bond donors (Lipinski definition) is 1. The van der Waals surface area contributed by atoms with E-state index in [9.17, 15) is 8.78 Å². The molecule has 0 aliphatic carbocycles. The summed E-state index contributed by atoms with van der Waals surface area (Å²) in [5, 5.41) is 11.6. The molecule has 25 heavy (non-hydrogen) atoms. The van der Waals surface area contributed by atoms with Crippen molar-refractivity contribution in [2.45, 2.75) is 0 Å². The fourth-order valence-corrected chi connectivity index (χ4v) is 3.33. The summed E-state index contributed by atoms with van der Waals surface area (Å²) in [6.07, 6.45) is 0. The van der Waals surface area contributed by atoms with Crippen LogP contribution in [0.25, 0.3) is 28.1 Å². The highest BCUT2D eigenvalue weighted by atomic mass is 79.9. The lowest BCUT2D eigenvalue weighted by molar-refractivity contribution is 0.627. The molecular formula is C16H9BrClF2N5. The topological polar surface area (TPSA) is 55.1 Å². The number of rotatable bonds is 2. The third-order valence-corrected chi connectivity index (χ3v) is 4.50. The maximum absolute atomic E-state index is 13.9. The summed E-state index contributed by atoms with van der Waals surface area (Å²) in [6.45, 7) is 0. The highest BCUT2D eigenvalue weighted by Gasteiger charge is 2.17. The number of aromatic nitrogens is 4. The fraction of sp³-hybridized carbons (Fsp3) is 0.0625. The zero-order valence-corrected chi connectivity index (χ0v) is 15.0. The van der Waals surface area contributed by atoms with E-state index in [-0.39, 0.29) is 10.8 Å². The van der Waals surface area contributed by atoms with Gasteiger partial charge in [0, 0.05) is 22.5 Å². The molecular weight excluding hydrogens is 416 g/mol. The second-order valence-electron chi connectivity index (χ2n) is 5.31. The Kier molecular flexibility index (Phi) is 3.81. The zero-order valence-electron chi connectivity index (χ0n) is 12.7. The van der Waals surface area contributed by atoms with E-state index in [0.717, 1.165) is 0 Å². The number of halogens is 4. The van der Waals surface area contributed by atoms with Crippen molar-refractivity contribution in [2.75, 3.05) is 12.4 Å². The van der Waals surface area contributed by atoms with Crippen LogP contribution in [0.4, 0.5) is 14.6 Å². The van der Waals surface area contributed by atoms with Crippen molar-refractivity contribution in [2.24, 2.45) is 0 Å². The molecule has 0 aliphatic heterocycles. The zero-order chi connectivity index (χ0) is 17.7. The molecule has 1 N–H and O–H groups in total. The number of hydrogen-bond acceptors (Lipinski definition) is 4. The number of nitrogens with zero attached hydrogens (tertiary/aromatic N) is 4. The predicted molar refractivity (Wildman–Crippen MR) is 95.9 cm³/mol. The van der Waals surface area contributed by atoms with Gasteiger partial charge < -0.3 is 5.32 Å². The van der Waals surface area contributed by atoms with Crippen LogP contribution >= 0.6 is 27.5 Å². The van der Waals surface area contributed by atoms with Crippen LogP contribution in [0.2, 0.25) is 5.02 Å². The lowest BCUT2D eigenvalue weighted by Gasteiger charge is -2.10. The van der Waals surface area contributed by atoms with Gasteiger partial charge in [-0.05, 0) is 30.3 Å². The van der Waals surface area contributed by atoms with Gasteiger partial charge in [0.25, 0.3) is 5.78 Å². The molecule has 4 aromatic rings. The molecule has 0 aliphatic rings. The second-order valence-corrected chi connectivity index (χ2v) is 6.63. The first kappa shape index (κ1) is 16.2. The van der Waals surface area contributed by atoms with Crippen molar-refractivity contribution in [1.29, 1.82) is 0 Å². The monoisotopic (exact) mass is 423 g/mol. The second kappa shape index (κ2) is 5.89. The van der Waals surface area contributed by atoms with Crippen LogP contribution in [0, 0.1) is 11.6 Å². The van der Waals surface area contributed by atoms with Gasteiger partial charge in [0.15, 0.2) is 5.82 Å². The van der Waals surface area contributed by atoms with Crippen LogP contribution < -0.4 is 5.32 Å². The molecule has 2 aromatic carbocycles. The van der Waals surface area contributed by atoms with Gasteiger partial charge in [-0.15, -0.1) is 10.2 Å². The number of nitrogens with one attached hydrogen (secondary N) is 1. The predicted octanol–water partition coefficient (Wildman–Crippen LogP) is 4.68. The van der Waals surface area contributed by atoms with Crippen LogP contribution in [0.15, 0.2) is 34.8 Å². The van der Waals surface area contributed by atoms with Crippen LogP contribution in [0.5, 0.6) is 0 Å². The van der Waals surface area contributed by atoms with Crippen LogP contribution in [0.1, 0.15) is 0 Å². The van der Waals surface area contributed by atoms with E-state index in [1.807, 2.05) is 0 Å². The molecule has 2 aromatic heterocycles. The highest BCUT2D eigenvalue weighted by Crippen LogP contribution is 2.31. The number of anilines is 1. The van der Waals surface area contributed by atoms with E-state index in [1.165, 1.54) is 24.3 Å². The average Bonchev–Trinajstić information content (AvgIpc) is 2.98. The summed E-state index contributed by atoms with van der Waals surface area (Å²) in [5.74, 6) is 0.120. The van der Waals surface area contributed by atoms with Gasteiger partial charge in [0.1, 0.15) is 17.5 Å². The Labute approximate surface area is 153 Å². The van der Waals surface area contributed by atoms with E-state index in [4.69, 9.17) is 11.6 Å². The summed E-state index contributed by atoms with van der Waals surface area (Å²) in [6, 6.07) is 7.16. The summed E-state index contributed by atoms with van der Waals surface area (Å²) >= 11 is 9.22. The third kappa shape index (κ3) is 2.61. The Morgan fingerprint density at radius 3 is 2.64 bits per heavy atom. The maximum Gasteiger partial charge on any atom is 0.257 e. The number of fused-ring (bicyclic) bond motifs is 3. The molecule has 2 heterocycles. The van der Waals surface area contributed by atoms with Crippen molar-refractivity contribution >= 4 is 50.0 Å². The third-order valence-electron chi connectivity index (χ3n) is 3.75. The van der Waals surface area contributed by atoms with Gasteiger partial charge in [0.2, 0.25) is 0 Å². The standard InChI is InChI=1S/C16H9BrClF2N5/c1-21-14-10-5-12(20)11(18)6-13(10)25-15(23-24-16(25)22-14)7-2-8(17)4-9(19)3-7/h2-6H,1H3,(H,21,22,24). The van der Waals surface area contributed by atoms with Crippen LogP contribution in [-0.4, -0.2) is 26.6 Å². The average molecular weight is 425 g/mol. The summed E-state index contributed by atoms with van der Waals surface area (Å²) in [7, 11) is 1.67. The smallest absolute Gasteiger partial charge is 0.257 e. The largest absolute Gasteiger partial charge is 0.372 e. The quantitative estimate of drug-likeness (QED) is 0.508. The van der Waals surface area contributed by atoms with Gasteiger partial charge >= 0.3 is 0 Å². The molecule has 0 saturated carbocycles. The fourth-order valence-electron chi connectivity index (χ4n) is 2.70. The molecule has 0 fully saturated rings. The Balaban J connectivity index is 2.14. The van der Waals surface area contributed by atoms with Gasteiger partial charge in [0.05, 0.1) is 10.5 Å². The van der Waals surface area contributed by atoms with E-state index in [1.54, 1.807) is 17.5 Å². The first-order valence-electron chi connectivity index (χ1n) is 7.16.